The summed E-state index contributed by atoms with van der Waals surface area (Å²) in [4.78, 5) is 14.2. The first-order valence-corrected chi connectivity index (χ1v) is 6.82. The SMILES string of the molecule is O=C(NCCn1c(=S)[nH]c2c(F)cc(F)cc21)C1CC1. The molecule has 2 N–H and O–H groups in total. The van der Waals surface area contributed by atoms with Crippen molar-refractivity contribution < 1.29 is 13.6 Å². The third kappa shape index (κ3) is 2.45. The summed E-state index contributed by atoms with van der Waals surface area (Å²) in [7, 11) is 0. The number of H-pyrrole nitrogens is 1. The van der Waals surface area contributed by atoms with Crippen LogP contribution < -0.4 is 5.32 Å². The minimum Gasteiger partial charge on any atom is -0.354 e. The molecule has 0 unspecified atom stereocenters. The van der Waals surface area contributed by atoms with E-state index in [9.17, 15) is 13.6 Å². The van der Waals surface area contributed by atoms with Gasteiger partial charge in [-0.25, -0.2) is 8.78 Å². The fourth-order valence-corrected chi connectivity index (χ4v) is 2.47. The van der Waals surface area contributed by atoms with Crippen LogP contribution in [0.3, 0.4) is 0 Å². The molecule has 4 nitrogen and oxygen atoms in total. The van der Waals surface area contributed by atoms with Crippen molar-refractivity contribution in [3.05, 3.63) is 28.5 Å². The van der Waals surface area contributed by atoms with Crippen molar-refractivity contribution in [1.29, 1.82) is 0 Å². The third-order valence-electron chi connectivity index (χ3n) is 3.38. The lowest BCUT2D eigenvalue weighted by atomic mass is 10.3. The van der Waals surface area contributed by atoms with Gasteiger partial charge in [0.1, 0.15) is 11.3 Å². The van der Waals surface area contributed by atoms with Gasteiger partial charge in [0.05, 0.1) is 5.52 Å². The first kappa shape index (κ1) is 13.2. The van der Waals surface area contributed by atoms with Crippen molar-refractivity contribution in [2.24, 2.45) is 5.92 Å². The molecule has 0 bridgehead atoms. The van der Waals surface area contributed by atoms with Gasteiger partial charge in [-0.15, -0.1) is 0 Å². The number of imidazole rings is 1. The summed E-state index contributed by atoms with van der Waals surface area (Å²) in [6.07, 6.45) is 1.88. The molecule has 0 aliphatic heterocycles. The Kier molecular flexibility index (Phi) is 3.29. The predicted octanol–water partition coefficient (Wildman–Crippen LogP) is 2.50. The number of nitrogens with zero attached hydrogens (tertiary/aromatic N) is 1. The number of nitrogens with one attached hydrogen (secondary N) is 2. The molecular weight excluding hydrogens is 284 g/mol. The third-order valence-corrected chi connectivity index (χ3v) is 3.71. The molecule has 1 aliphatic rings. The molecule has 1 heterocycles. The molecule has 1 aromatic carbocycles. The van der Waals surface area contributed by atoms with Crippen LogP contribution in [0.2, 0.25) is 0 Å². The number of carbonyl (C=O) groups excluding carboxylic acids is 1. The highest BCUT2D eigenvalue weighted by molar-refractivity contribution is 7.71. The number of aromatic amines is 1. The molecule has 0 saturated heterocycles. The Morgan fingerprint density at radius 2 is 2.20 bits per heavy atom. The highest BCUT2D eigenvalue weighted by Crippen LogP contribution is 2.28. The van der Waals surface area contributed by atoms with E-state index in [1.54, 1.807) is 4.57 Å². The Hall–Kier alpha value is -1.76. The maximum absolute atomic E-state index is 13.6. The molecule has 2 aromatic rings. The molecule has 1 saturated carbocycles. The van der Waals surface area contributed by atoms with Crippen molar-refractivity contribution in [3.63, 3.8) is 0 Å². The maximum Gasteiger partial charge on any atom is 0.223 e. The van der Waals surface area contributed by atoms with Gasteiger partial charge in [-0.1, -0.05) is 0 Å². The predicted molar refractivity (Wildman–Crippen MR) is 72.8 cm³/mol. The fourth-order valence-electron chi connectivity index (χ4n) is 2.18. The first-order valence-electron chi connectivity index (χ1n) is 6.41. The minimum atomic E-state index is -0.674. The fraction of sp³-hybridized carbons (Fsp3) is 0.385. The Balaban J connectivity index is 1.81. The van der Waals surface area contributed by atoms with E-state index in [2.05, 4.69) is 10.3 Å². The number of benzene rings is 1. The number of aromatic nitrogens is 2. The molecule has 1 amide bonds. The zero-order valence-corrected chi connectivity index (χ0v) is 11.4. The van der Waals surface area contributed by atoms with Gasteiger partial charge in [-0.3, -0.25) is 4.79 Å². The van der Waals surface area contributed by atoms with Gasteiger partial charge < -0.3 is 14.9 Å². The summed E-state index contributed by atoms with van der Waals surface area (Å²) in [6.45, 7) is 0.759. The lowest BCUT2D eigenvalue weighted by Crippen LogP contribution is -2.28. The molecule has 106 valence electrons. The molecule has 7 heteroatoms. The van der Waals surface area contributed by atoms with Crippen LogP contribution in [-0.2, 0) is 11.3 Å². The monoisotopic (exact) mass is 297 g/mol. The lowest BCUT2D eigenvalue weighted by Gasteiger charge is -2.06. The summed E-state index contributed by atoms with van der Waals surface area (Å²) < 4.78 is 28.8. The maximum atomic E-state index is 13.6. The van der Waals surface area contributed by atoms with Gasteiger partial charge in [-0.2, -0.15) is 0 Å². The second kappa shape index (κ2) is 4.97. The molecular formula is C13H13F2N3OS. The summed E-state index contributed by atoms with van der Waals surface area (Å²) in [5.41, 5.74) is 0.554. The van der Waals surface area contributed by atoms with Crippen LogP contribution in [0.5, 0.6) is 0 Å². The number of fused-ring (bicyclic) bond motifs is 1. The lowest BCUT2D eigenvalue weighted by molar-refractivity contribution is -0.122. The van der Waals surface area contributed by atoms with Gasteiger partial charge in [0.15, 0.2) is 10.6 Å². The highest BCUT2D eigenvalue weighted by Gasteiger charge is 2.29. The normalized spacial score (nSPS) is 14.7. The van der Waals surface area contributed by atoms with Crippen molar-refractivity contribution in [2.45, 2.75) is 19.4 Å². The van der Waals surface area contributed by atoms with Crippen LogP contribution in [0.4, 0.5) is 8.78 Å². The van der Waals surface area contributed by atoms with E-state index < -0.39 is 11.6 Å². The number of rotatable bonds is 4. The summed E-state index contributed by atoms with van der Waals surface area (Å²) in [6, 6.07) is 2.04. The Labute approximate surface area is 118 Å². The van der Waals surface area contributed by atoms with Crippen LogP contribution in [-0.4, -0.2) is 22.0 Å². The smallest absolute Gasteiger partial charge is 0.223 e. The van der Waals surface area contributed by atoms with E-state index in [0.717, 1.165) is 18.9 Å². The largest absolute Gasteiger partial charge is 0.354 e. The van der Waals surface area contributed by atoms with Gasteiger partial charge >= 0.3 is 0 Å². The molecule has 3 rings (SSSR count). The van der Waals surface area contributed by atoms with Gasteiger partial charge in [0.25, 0.3) is 0 Å². The average Bonchev–Trinajstić information content (AvgIpc) is 3.17. The molecule has 0 radical (unpaired) electrons. The van der Waals surface area contributed by atoms with E-state index in [1.807, 2.05) is 0 Å². The zero-order valence-electron chi connectivity index (χ0n) is 10.6. The minimum absolute atomic E-state index is 0.0359. The summed E-state index contributed by atoms with van der Waals surface area (Å²) >= 11 is 5.10. The van der Waals surface area contributed by atoms with E-state index >= 15 is 0 Å². The van der Waals surface area contributed by atoms with E-state index in [4.69, 9.17) is 12.2 Å². The van der Waals surface area contributed by atoms with Crippen molar-refractivity contribution in [3.8, 4) is 0 Å². The standard InChI is InChI=1S/C13H13F2N3OS/c14-8-5-9(15)11-10(6-8)18(13(20)17-11)4-3-16-12(19)7-1-2-7/h5-7H,1-4H2,(H,16,19)(H,17,20). The van der Waals surface area contributed by atoms with E-state index in [-0.39, 0.29) is 17.3 Å². The number of carbonyl (C=O) groups is 1. The zero-order chi connectivity index (χ0) is 14.3. The Morgan fingerprint density at radius 3 is 2.90 bits per heavy atom. The van der Waals surface area contributed by atoms with Crippen LogP contribution in [0.25, 0.3) is 11.0 Å². The number of halogens is 2. The van der Waals surface area contributed by atoms with Gasteiger partial charge in [0, 0.05) is 25.1 Å². The summed E-state index contributed by atoms with van der Waals surface area (Å²) in [5, 5.41) is 2.80. The number of hydrogen-bond donors (Lipinski definition) is 2. The average molecular weight is 297 g/mol. The first-order chi connectivity index (χ1) is 9.56. The second-order valence-corrected chi connectivity index (χ2v) is 5.32. The number of amides is 1. The van der Waals surface area contributed by atoms with Crippen LogP contribution in [0, 0.1) is 22.3 Å². The van der Waals surface area contributed by atoms with Crippen LogP contribution >= 0.6 is 12.2 Å². The molecule has 1 aromatic heterocycles. The van der Waals surface area contributed by atoms with Gasteiger partial charge in [0.2, 0.25) is 5.91 Å². The Morgan fingerprint density at radius 1 is 1.45 bits per heavy atom. The molecule has 0 atom stereocenters. The van der Waals surface area contributed by atoms with Gasteiger partial charge in [-0.05, 0) is 31.1 Å². The van der Waals surface area contributed by atoms with Crippen LogP contribution in [0.1, 0.15) is 12.8 Å². The van der Waals surface area contributed by atoms with Crippen molar-refractivity contribution >= 4 is 29.2 Å². The quantitative estimate of drug-likeness (QED) is 0.852. The highest BCUT2D eigenvalue weighted by atomic mass is 32.1. The van der Waals surface area contributed by atoms with E-state index in [1.165, 1.54) is 6.07 Å². The summed E-state index contributed by atoms with van der Waals surface area (Å²) in [5.74, 6) is -1.15. The van der Waals surface area contributed by atoms with Crippen molar-refractivity contribution in [1.82, 2.24) is 14.9 Å². The topological polar surface area (TPSA) is 49.8 Å². The number of hydrogen-bond acceptors (Lipinski definition) is 2. The second-order valence-electron chi connectivity index (χ2n) is 4.93. The molecule has 1 aliphatic carbocycles. The Bertz CT molecular complexity index is 733. The molecule has 1 fully saturated rings. The van der Waals surface area contributed by atoms with E-state index in [0.29, 0.717) is 23.4 Å². The van der Waals surface area contributed by atoms with Crippen LogP contribution in [0.15, 0.2) is 12.1 Å². The molecule has 20 heavy (non-hydrogen) atoms. The van der Waals surface area contributed by atoms with Crippen molar-refractivity contribution in [2.75, 3.05) is 6.54 Å². The molecule has 0 spiro atoms.